The van der Waals surface area contributed by atoms with Gasteiger partial charge in [-0.2, -0.15) is 0 Å². The number of rotatable bonds is 3. The predicted octanol–water partition coefficient (Wildman–Crippen LogP) is 3.77. The predicted molar refractivity (Wildman–Crippen MR) is 135 cm³/mol. The summed E-state index contributed by atoms with van der Waals surface area (Å²) < 4.78 is 10.6. The molecule has 2 aliphatic heterocycles. The zero-order valence-electron chi connectivity index (χ0n) is 20.1. The lowest BCUT2D eigenvalue weighted by Gasteiger charge is -2.42. The van der Waals surface area contributed by atoms with Gasteiger partial charge in [0.1, 0.15) is 17.4 Å². The summed E-state index contributed by atoms with van der Waals surface area (Å²) >= 11 is 0. The van der Waals surface area contributed by atoms with E-state index in [-0.39, 0.29) is 12.3 Å². The van der Waals surface area contributed by atoms with E-state index in [1.54, 1.807) is 36.7 Å². The molecule has 2 aromatic heterocycles. The molecule has 0 radical (unpaired) electrons. The zero-order valence-corrected chi connectivity index (χ0v) is 20.1. The fourth-order valence-electron chi connectivity index (χ4n) is 5.19. The van der Waals surface area contributed by atoms with Crippen LogP contribution in [0.15, 0.2) is 88.2 Å². The van der Waals surface area contributed by atoms with Crippen LogP contribution in [0, 0.1) is 0 Å². The summed E-state index contributed by atoms with van der Waals surface area (Å²) in [4.78, 5) is 43.0. The zero-order chi connectivity index (χ0) is 25.2. The molecule has 0 bridgehead atoms. The summed E-state index contributed by atoms with van der Waals surface area (Å²) in [6.07, 6.45) is 5.46. The van der Waals surface area contributed by atoms with E-state index >= 15 is 0 Å². The number of nitrogens with zero attached hydrogens (tertiary/aromatic N) is 4. The van der Waals surface area contributed by atoms with Crippen molar-refractivity contribution >= 4 is 5.78 Å². The minimum Gasteiger partial charge on any atom is -0.483 e. The molecule has 6 rings (SSSR count). The summed E-state index contributed by atoms with van der Waals surface area (Å²) in [7, 11) is 0. The van der Waals surface area contributed by atoms with Gasteiger partial charge >= 0.3 is 11.4 Å². The SMILES string of the molecule is CC(=O)c1ccc(-n2c(=O)n3n(c2=O)C2C(=CC3)C(C)(C)Oc3cc(-c4ccncc4)ccc32)cc1. The van der Waals surface area contributed by atoms with Crippen molar-refractivity contribution in [3.8, 4) is 22.6 Å². The fourth-order valence-corrected chi connectivity index (χ4v) is 5.19. The molecule has 0 spiro atoms. The van der Waals surface area contributed by atoms with Gasteiger partial charge in [-0.05, 0) is 79.9 Å². The molecule has 180 valence electrons. The summed E-state index contributed by atoms with van der Waals surface area (Å²) in [5, 5.41) is 0. The largest absolute Gasteiger partial charge is 0.483 e. The highest BCUT2D eigenvalue weighted by Gasteiger charge is 2.43. The lowest BCUT2D eigenvalue weighted by molar-refractivity contribution is 0.101. The molecule has 36 heavy (non-hydrogen) atoms. The van der Waals surface area contributed by atoms with E-state index < -0.39 is 23.0 Å². The van der Waals surface area contributed by atoms with Crippen LogP contribution in [0.2, 0.25) is 0 Å². The van der Waals surface area contributed by atoms with Crippen LogP contribution in [0.25, 0.3) is 16.8 Å². The molecule has 0 saturated heterocycles. The van der Waals surface area contributed by atoms with E-state index in [0.29, 0.717) is 17.0 Å². The number of carbonyl (C=O) groups is 1. The Bertz CT molecular complexity index is 1670. The second kappa shape index (κ2) is 7.78. The van der Waals surface area contributed by atoms with E-state index in [4.69, 9.17) is 4.74 Å². The van der Waals surface area contributed by atoms with E-state index in [1.807, 2.05) is 50.3 Å². The van der Waals surface area contributed by atoms with Crippen molar-refractivity contribution in [3.63, 3.8) is 0 Å². The molecule has 0 saturated carbocycles. The maximum atomic E-state index is 13.8. The Hall–Kier alpha value is -4.46. The molecule has 2 aromatic carbocycles. The number of Topliss-reactive ketones (excluding diaryl/α,β-unsaturated/α-hetero) is 1. The highest BCUT2D eigenvalue weighted by atomic mass is 16.5. The first-order chi connectivity index (χ1) is 17.3. The maximum Gasteiger partial charge on any atom is 0.352 e. The van der Waals surface area contributed by atoms with Gasteiger partial charge in [0.05, 0.1) is 12.2 Å². The van der Waals surface area contributed by atoms with Crippen molar-refractivity contribution in [3.05, 3.63) is 111 Å². The first kappa shape index (κ1) is 22.0. The van der Waals surface area contributed by atoms with Gasteiger partial charge in [0.25, 0.3) is 0 Å². The van der Waals surface area contributed by atoms with Gasteiger partial charge in [0.15, 0.2) is 5.78 Å². The van der Waals surface area contributed by atoms with Crippen molar-refractivity contribution in [1.82, 2.24) is 18.9 Å². The number of allylic oxidation sites excluding steroid dienone is 1. The van der Waals surface area contributed by atoms with Crippen molar-refractivity contribution < 1.29 is 9.53 Å². The first-order valence-corrected chi connectivity index (χ1v) is 11.8. The molecule has 0 N–H and O–H groups in total. The topological polar surface area (TPSA) is 88.1 Å². The van der Waals surface area contributed by atoms with Gasteiger partial charge in [0.2, 0.25) is 0 Å². The third-order valence-corrected chi connectivity index (χ3v) is 7.00. The Kier molecular flexibility index (Phi) is 4.76. The number of carbonyl (C=O) groups excluding carboxylic acids is 1. The molecule has 0 amide bonds. The molecule has 8 nitrogen and oxygen atoms in total. The molecule has 8 heteroatoms. The fraction of sp³-hybridized carbons (Fsp3) is 0.214. The Morgan fingerprint density at radius 2 is 1.69 bits per heavy atom. The second-order valence-corrected chi connectivity index (χ2v) is 9.59. The van der Waals surface area contributed by atoms with Crippen LogP contribution >= 0.6 is 0 Å². The third-order valence-electron chi connectivity index (χ3n) is 7.00. The van der Waals surface area contributed by atoms with E-state index in [2.05, 4.69) is 4.98 Å². The molecule has 1 unspecified atom stereocenters. The van der Waals surface area contributed by atoms with Gasteiger partial charge in [0, 0.05) is 23.5 Å². The van der Waals surface area contributed by atoms with Crippen LogP contribution in [0.1, 0.15) is 42.7 Å². The number of ketones is 1. The summed E-state index contributed by atoms with van der Waals surface area (Å²) in [5.41, 5.74) is 3.13. The maximum absolute atomic E-state index is 13.8. The van der Waals surface area contributed by atoms with Gasteiger partial charge in [-0.15, -0.1) is 0 Å². The van der Waals surface area contributed by atoms with Crippen molar-refractivity contribution in [2.24, 2.45) is 0 Å². The van der Waals surface area contributed by atoms with Gasteiger partial charge in [-0.25, -0.2) is 23.5 Å². The Balaban J connectivity index is 1.53. The van der Waals surface area contributed by atoms with Crippen LogP contribution < -0.4 is 16.1 Å². The first-order valence-electron chi connectivity index (χ1n) is 11.8. The summed E-state index contributed by atoms with van der Waals surface area (Å²) in [6.45, 7) is 5.69. The minimum atomic E-state index is -0.680. The van der Waals surface area contributed by atoms with Crippen LogP contribution in [0.5, 0.6) is 5.75 Å². The van der Waals surface area contributed by atoms with E-state index in [0.717, 1.165) is 26.8 Å². The van der Waals surface area contributed by atoms with Gasteiger partial charge in [-0.1, -0.05) is 18.2 Å². The summed E-state index contributed by atoms with van der Waals surface area (Å²) in [5.74, 6) is 0.589. The molecular weight excluding hydrogens is 456 g/mol. The molecule has 0 fully saturated rings. The minimum absolute atomic E-state index is 0.0807. The third kappa shape index (κ3) is 3.21. The number of hydrogen-bond donors (Lipinski definition) is 0. The Morgan fingerprint density at radius 3 is 2.39 bits per heavy atom. The standard InChI is InChI=1S/C28H24N4O4/c1-17(33)18-4-7-21(8-5-18)31-26(34)30-15-12-23-25(32(30)27(31)35)22-9-6-20(19-10-13-29-14-11-19)16-24(22)36-28(23,2)3/h4-14,16,25H,15H2,1-3H3. The second-order valence-electron chi connectivity index (χ2n) is 9.59. The van der Waals surface area contributed by atoms with Crippen LogP contribution in [-0.4, -0.2) is 30.3 Å². The Morgan fingerprint density at radius 1 is 0.972 bits per heavy atom. The number of benzene rings is 2. The number of aromatic nitrogens is 4. The average Bonchev–Trinajstić information content (AvgIpc) is 3.13. The molecule has 2 aliphatic rings. The highest BCUT2D eigenvalue weighted by molar-refractivity contribution is 5.94. The molecule has 4 aromatic rings. The molecule has 4 heterocycles. The van der Waals surface area contributed by atoms with Crippen molar-refractivity contribution in [2.75, 3.05) is 0 Å². The highest BCUT2D eigenvalue weighted by Crippen LogP contribution is 2.47. The molecule has 0 aliphatic carbocycles. The monoisotopic (exact) mass is 480 g/mol. The van der Waals surface area contributed by atoms with Crippen LogP contribution in [-0.2, 0) is 6.54 Å². The Labute approximate surface area is 206 Å². The lowest BCUT2D eigenvalue weighted by atomic mass is 9.82. The van der Waals surface area contributed by atoms with Gasteiger partial charge < -0.3 is 4.74 Å². The number of fused-ring (bicyclic) bond motifs is 5. The number of ether oxygens (including phenoxy) is 1. The van der Waals surface area contributed by atoms with Crippen molar-refractivity contribution in [2.45, 2.75) is 39.0 Å². The number of hydrogen-bond acceptors (Lipinski definition) is 5. The van der Waals surface area contributed by atoms with E-state index in [1.165, 1.54) is 16.3 Å². The molecular formula is C28H24N4O4. The van der Waals surface area contributed by atoms with E-state index in [9.17, 15) is 14.4 Å². The van der Waals surface area contributed by atoms with Crippen LogP contribution in [0.4, 0.5) is 0 Å². The smallest absolute Gasteiger partial charge is 0.352 e. The summed E-state index contributed by atoms with van der Waals surface area (Å²) in [6, 6.07) is 15.8. The number of pyridine rings is 1. The normalized spacial score (nSPS) is 17.3. The van der Waals surface area contributed by atoms with Gasteiger partial charge in [-0.3, -0.25) is 9.78 Å². The van der Waals surface area contributed by atoms with Crippen molar-refractivity contribution in [1.29, 1.82) is 0 Å². The van der Waals surface area contributed by atoms with Crippen LogP contribution in [0.3, 0.4) is 0 Å². The quantitative estimate of drug-likeness (QED) is 0.329. The average molecular weight is 481 g/mol. The molecule has 1 atom stereocenters. The lowest BCUT2D eigenvalue weighted by Crippen LogP contribution is -2.46.